The van der Waals surface area contributed by atoms with Crippen molar-refractivity contribution in [1.29, 1.82) is 0 Å². The number of hydrogen-bond acceptors (Lipinski definition) is 5. The molecule has 3 aliphatic heterocycles. The first kappa shape index (κ1) is 18.9. The molecule has 2 fully saturated rings. The monoisotopic (exact) mass is 404 g/mol. The highest BCUT2D eigenvalue weighted by Crippen LogP contribution is 2.54. The zero-order valence-electron chi connectivity index (χ0n) is 15.5. The maximum absolute atomic E-state index is 13.4. The van der Waals surface area contributed by atoms with Crippen LogP contribution in [0, 0.1) is 11.8 Å². The van der Waals surface area contributed by atoms with Gasteiger partial charge in [0, 0.05) is 34.8 Å². The van der Waals surface area contributed by atoms with E-state index < -0.39 is 41.1 Å². The minimum absolute atomic E-state index is 0.153. The molecule has 0 aromatic heterocycles. The Kier molecular flexibility index (Phi) is 4.24. The number of hydrogen-bond donors (Lipinski definition) is 3. The first-order valence-electron chi connectivity index (χ1n) is 9.26. The molecule has 148 valence electrons. The van der Waals surface area contributed by atoms with Crippen molar-refractivity contribution in [3.63, 3.8) is 0 Å². The second-order valence-corrected chi connectivity index (χ2v) is 8.12. The normalized spacial score (nSPS) is 31.9. The van der Waals surface area contributed by atoms with Gasteiger partial charge in [0.1, 0.15) is 5.54 Å². The smallest absolute Gasteiger partial charge is 0.250 e. The van der Waals surface area contributed by atoms with Gasteiger partial charge in [-0.05, 0) is 31.5 Å². The Hall–Kier alpha value is -2.45. The number of imide groups is 1. The van der Waals surface area contributed by atoms with Crippen LogP contribution >= 0.6 is 11.6 Å². The zero-order valence-corrected chi connectivity index (χ0v) is 16.2. The number of anilines is 1. The quantitative estimate of drug-likeness (QED) is 0.639. The molecular weight excluding hydrogens is 384 g/mol. The standard InChI is InChI=1S/C19H21ClN4O4/c1-3-8(2)24-16(26)14-12(7-13(21)25)23-19(15(14)17(24)27)10-6-9(20)4-5-11(10)22-18(19)28/h4-6,8,12,14-15,23H,3,7H2,1-2H3,(H2,21,25)(H,22,28)/t8-,12-,14+,15-,19+/m0/s1. The van der Waals surface area contributed by atoms with E-state index in [1.165, 1.54) is 4.90 Å². The van der Waals surface area contributed by atoms with Crippen LogP contribution in [-0.4, -0.2) is 40.6 Å². The molecule has 1 aromatic carbocycles. The highest BCUT2D eigenvalue weighted by Gasteiger charge is 2.70. The second kappa shape index (κ2) is 6.28. The highest BCUT2D eigenvalue weighted by molar-refractivity contribution is 6.31. The Morgan fingerprint density at radius 3 is 2.68 bits per heavy atom. The lowest BCUT2D eigenvalue weighted by atomic mass is 9.76. The Morgan fingerprint density at radius 1 is 1.32 bits per heavy atom. The summed E-state index contributed by atoms with van der Waals surface area (Å²) in [6.45, 7) is 3.67. The van der Waals surface area contributed by atoms with E-state index in [0.717, 1.165) is 0 Å². The van der Waals surface area contributed by atoms with Crippen LogP contribution in [0.1, 0.15) is 32.3 Å². The number of rotatable bonds is 4. The Morgan fingerprint density at radius 2 is 2.04 bits per heavy atom. The number of nitrogens with zero attached hydrogens (tertiary/aromatic N) is 1. The number of likely N-dealkylation sites (tertiary alicyclic amines) is 1. The van der Waals surface area contributed by atoms with Crippen LogP contribution in [0.5, 0.6) is 0 Å². The van der Waals surface area contributed by atoms with E-state index in [2.05, 4.69) is 10.6 Å². The van der Waals surface area contributed by atoms with E-state index in [4.69, 9.17) is 17.3 Å². The van der Waals surface area contributed by atoms with Crippen molar-refractivity contribution in [3.8, 4) is 0 Å². The molecule has 4 rings (SSSR count). The van der Waals surface area contributed by atoms with Crippen LogP contribution in [0.4, 0.5) is 5.69 Å². The first-order valence-corrected chi connectivity index (χ1v) is 9.64. The largest absolute Gasteiger partial charge is 0.370 e. The van der Waals surface area contributed by atoms with Gasteiger partial charge in [-0.25, -0.2) is 0 Å². The summed E-state index contributed by atoms with van der Waals surface area (Å²) in [6.07, 6.45) is 0.436. The third-order valence-electron chi connectivity index (χ3n) is 6.16. The van der Waals surface area contributed by atoms with Gasteiger partial charge < -0.3 is 11.1 Å². The van der Waals surface area contributed by atoms with Crippen molar-refractivity contribution in [2.24, 2.45) is 17.6 Å². The molecule has 3 heterocycles. The minimum atomic E-state index is -1.46. The molecule has 2 saturated heterocycles. The molecule has 0 bridgehead atoms. The van der Waals surface area contributed by atoms with E-state index in [1.54, 1.807) is 25.1 Å². The third-order valence-corrected chi connectivity index (χ3v) is 6.40. The molecule has 5 atom stereocenters. The van der Waals surface area contributed by atoms with Gasteiger partial charge in [-0.1, -0.05) is 18.5 Å². The summed E-state index contributed by atoms with van der Waals surface area (Å²) in [5.41, 5.74) is 4.97. The van der Waals surface area contributed by atoms with Crippen LogP contribution in [0.3, 0.4) is 0 Å². The van der Waals surface area contributed by atoms with E-state index in [0.29, 0.717) is 22.7 Å². The summed E-state index contributed by atoms with van der Waals surface area (Å²) < 4.78 is 0. The van der Waals surface area contributed by atoms with Crippen molar-refractivity contribution in [2.75, 3.05) is 5.32 Å². The number of primary amides is 1. The summed E-state index contributed by atoms with van der Waals surface area (Å²) in [5, 5.41) is 6.31. The summed E-state index contributed by atoms with van der Waals surface area (Å²) in [6, 6.07) is 3.90. The molecule has 0 unspecified atom stereocenters. The molecule has 8 nitrogen and oxygen atoms in total. The van der Waals surface area contributed by atoms with Gasteiger partial charge in [0.2, 0.25) is 23.6 Å². The van der Waals surface area contributed by atoms with Crippen LogP contribution in [0.25, 0.3) is 0 Å². The number of fused-ring (bicyclic) bond motifs is 4. The fourth-order valence-corrected chi connectivity index (χ4v) is 4.98. The van der Waals surface area contributed by atoms with Gasteiger partial charge in [0.05, 0.1) is 11.8 Å². The summed E-state index contributed by atoms with van der Waals surface area (Å²) in [7, 11) is 0. The zero-order chi connectivity index (χ0) is 20.4. The molecule has 4 amide bonds. The fourth-order valence-electron chi connectivity index (χ4n) is 4.80. The van der Waals surface area contributed by atoms with Crippen molar-refractivity contribution in [1.82, 2.24) is 10.2 Å². The second-order valence-electron chi connectivity index (χ2n) is 7.68. The molecule has 1 aromatic rings. The van der Waals surface area contributed by atoms with E-state index in [9.17, 15) is 19.2 Å². The predicted octanol–water partition coefficient (Wildman–Crippen LogP) is 0.734. The maximum atomic E-state index is 13.4. The molecular formula is C19H21ClN4O4. The van der Waals surface area contributed by atoms with Crippen molar-refractivity contribution < 1.29 is 19.2 Å². The van der Waals surface area contributed by atoms with E-state index in [1.807, 2.05) is 6.92 Å². The number of carbonyl (C=O) groups is 4. The predicted molar refractivity (Wildman–Crippen MR) is 101 cm³/mol. The molecule has 0 saturated carbocycles. The lowest BCUT2D eigenvalue weighted by molar-refractivity contribution is -0.145. The molecule has 28 heavy (non-hydrogen) atoms. The van der Waals surface area contributed by atoms with Crippen LogP contribution < -0.4 is 16.4 Å². The first-order chi connectivity index (χ1) is 13.2. The SMILES string of the molecule is CC[C@H](C)N1C(=O)[C@@H]2[C@H](CC(N)=O)N[C@@]3(C(=O)Nc4ccc(Cl)cc43)[C@@H]2C1=O. The average Bonchev–Trinajstić information content (AvgIpc) is 3.20. The van der Waals surface area contributed by atoms with Gasteiger partial charge in [-0.15, -0.1) is 0 Å². The minimum Gasteiger partial charge on any atom is -0.370 e. The van der Waals surface area contributed by atoms with Crippen LogP contribution in [0.2, 0.25) is 5.02 Å². The highest BCUT2D eigenvalue weighted by atomic mass is 35.5. The molecule has 1 spiro atoms. The fraction of sp³-hybridized carbons (Fsp3) is 0.474. The molecule has 4 N–H and O–H groups in total. The number of carbonyl (C=O) groups excluding carboxylic acids is 4. The molecule has 0 aliphatic carbocycles. The molecule has 9 heteroatoms. The average molecular weight is 405 g/mol. The van der Waals surface area contributed by atoms with Gasteiger partial charge >= 0.3 is 0 Å². The van der Waals surface area contributed by atoms with Crippen molar-refractivity contribution in [3.05, 3.63) is 28.8 Å². The van der Waals surface area contributed by atoms with E-state index in [-0.39, 0.29) is 18.4 Å². The van der Waals surface area contributed by atoms with Gasteiger partial charge in [-0.2, -0.15) is 0 Å². The number of amides is 4. The number of nitrogens with one attached hydrogen (secondary N) is 2. The van der Waals surface area contributed by atoms with Crippen LogP contribution in [0.15, 0.2) is 18.2 Å². The van der Waals surface area contributed by atoms with Gasteiger partial charge in [0.25, 0.3) is 0 Å². The lowest BCUT2D eigenvalue weighted by Crippen LogP contribution is -2.54. The topological polar surface area (TPSA) is 122 Å². The number of benzene rings is 1. The van der Waals surface area contributed by atoms with Gasteiger partial charge in [-0.3, -0.25) is 29.4 Å². The number of halogens is 1. The third kappa shape index (κ3) is 2.34. The summed E-state index contributed by atoms with van der Waals surface area (Å²) in [4.78, 5) is 52.5. The van der Waals surface area contributed by atoms with Crippen molar-refractivity contribution in [2.45, 2.75) is 44.3 Å². The molecule has 3 aliphatic rings. The summed E-state index contributed by atoms with van der Waals surface area (Å²) in [5.74, 6) is -3.63. The van der Waals surface area contributed by atoms with Gasteiger partial charge in [0.15, 0.2) is 0 Å². The summed E-state index contributed by atoms with van der Waals surface area (Å²) >= 11 is 6.16. The number of nitrogens with two attached hydrogens (primary N) is 1. The Labute approximate surface area is 166 Å². The Bertz CT molecular complexity index is 919. The maximum Gasteiger partial charge on any atom is 0.250 e. The van der Waals surface area contributed by atoms with Crippen LogP contribution in [-0.2, 0) is 24.7 Å². The Balaban J connectivity index is 1.90. The van der Waals surface area contributed by atoms with E-state index >= 15 is 0 Å². The lowest BCUT2D eigenvalue weighted by Gasteiger charge is -2.31. The molecule has 0 radical (unpaired) electrons. The van der Waals surface area contributed by atoms with Crippen molar-refractivity contribution >= 4 is 40.9 Å².